The van der Waals surface area contributed by atoms with Gasteiger partial charge in [0.05, 0.1) is 6.07 Å². The van der Waals surface area contributed by atoms with Gasteiger partial charge in [-0.1, -0.05) is 25.7 Å². The molecule has 170 valence electrons. The molecular weight excluding hydrogens is 429 g/mol. The van der Waals surface area contributed by atoms with E-state index >= 15 is 0 Å². The molecule has 0 saturated heterocycles. The maximum atomic E-state index is 12.9. The lowest BCUT2D eigenvalue weighted by Gasteiger charge is -2.09. The van der Waals surface area contributed by atoms with Crippen molar-refractivity contribution >= 4 is 11.2 Å². The summed E-state index contributed by atoms with van der Waals surface area (Å²) in [6.07, 6.45) is 1.36. The summed E-state index contributed by atoms with van der Waals surface area (Å²) in [5.74, 6) is 6.05. The van der Waals surface area contributed by atoms with Crippen LogP contribution in [-0.2, 0) is 13.1 Å². The van der Waals surface area contributed by atoms with E-state index in [1.165, 1.54) is 27.3 Å². The Kier molecular flexibility index (Phi) is 6.40. The van der Waals surface area contributed by atoms with Gasteiger partial charge in [0, 0.05) is 18.7 Å². The highest BCUT2D eigenvalue weighted by Gasteiger charge is 2.19. The minimum Gasteiger partial charge on any atom is -0.462 e. The standard InChI is InChI=1S/C23H22FN5O4/c1-3-11-28-21-19(22(30)29(12-4-2)23(28)31)25-20(26-21)17-14-18(27-33-17)32-13-5-6-15-7-9-16(24)10-8-15/h7-10,14H,3-4,11-13H2,1-2H3,(H,25,26). The Labute approximate surface area is 187 Å². The summed E-state index contributed by atoms with van der Waals surface area (Å²) in [5.41, 5.74) is 0.370. The topological polar surface area (TPSA) is 108 Å². The molecule has 0 aliphatic carbocycles. The average Bonchev–Trinajstić information content (AvgIpc) is 3.46. The number of halogens is 1. The molecule has 0 aliphatic heterocycles. The molecule has 0 aliphatic rings. The van der Waals surface area contributed by atoms with E-state index in [0.717, 1.165) is 0 Å². The van der Waals surface area contributed by atoms with Crippen molar-refractivity contribution in [3.05, 3.63) is 62.6 Å². The molecule has 0 amide bonds. The van der Waals surface area contributed by atoms with Crippen LogP contribution in [0.5, 0.6) is 5.88 Å². The first-order valence-corrected chi connectivity index (χ1v) is 10.6. The van der Waals surface area contributed by atoms with E-state index < -0.39 is 5.56 Å². The summed E-state index contributed by atoms with van der Waals surface area (Å²) in [5, 5.41) is 3.84. The van der Waals surface area contributed by atoms with Crippen molar-refractivity contribution in [2.24, 2.45) is 0 Å². The first-order valence-electron chi connectivity index (χ1n) is 10.6. The fraction of sp³-hybridized carbons (Fsp3) is 0.304. The molecule has 0 unspecified atom stereocenters. The van der Waals surface area contributed by atoms with Gasteiger partial charge in [-0.2, -0.15) is 0 Å². The summed E-state index contributed by atoms with van der Waals surface area (Å²) in [6, 6.07) is 7.33. The Hall–Kier alpha value is -4.13. The third kappa shape index (κ3) is 4.57. The second-order valence-electron chi connectivity index (χ2n) is 7.30. The van der Waals surface area contributed by atoms with Crippen molar-refractivity contribution in [1.82, 2.24) is 24.3 Å². The zero-order chi connectivity index (χ0) is 23.4. The first kappa shape index (κ1) is 22.1. The molecule has 4 aromatic rings. The monoisotopic (exact) mass is 451 g/mol. The number of aromatic amines is 1. The van der Waals surface area contributed by atoms with Gasteiger partial charge < -0.3 is 14.2 Å². The Bertz CT molecular complexity index is 1450. The molecule has 4 rings (SSSR count). The van der Waals surface area contributed by atoms with Crippen LogP contribution < -0.4 is 16.0 Å². The van der Waals surface area contributed by atoms with Crippen molar-refractivity contribution in [3.8, 4) is 29.3 Å². The highest BCUT2D eigenvalue weighted by atomic mass is 19.1. The lowest BCUT2D eigenvalue weighted by atomic mass is 10.2. The largest absolute Gasteiger partial charge is 0.462 e. The van der Waals surface area contributed by atoms with Gasteiger partial charge in [0.15, 0.2) is 23.6 Å². The minimum absolute atomic E-state index is 0.0429. The lowest BCUT2D eigenvalue weighted by Crippen LogP contribution is -2.40. The van der Waals surface area contributed by atoms with E-state index in [9.17, 15) is 14.0 Å². The molecule has 0 spiro atoms. The maximum absolute atomic E-state index is 12.9. The van der Waals surface area contributed by atoms with Gasteiger partial charge in [-0.3, -0.25) is 13.9 Å². The van der Waals surface area contributed by atoms with E-state index in [1.54, 1.807) is 12.1 Å². The van der Waals surface area contributed by atoms with Crippen LogP contribution in [0.25, 0.3) is 22.7 Å². The Morgan fingerprint density at radius 2 is 1.85 bits per heavy atom. The number of fused-ring (bicyclic) bond motifs is 1. The molecule has 0 fully saturated rings. The molecular formula is C23H22FN5O4. The maximum Gasteiger partial charge on any atom is 0.332 e. The fourth-order valence-electron chi connectivity index (χ4n) is 3.35. The van der Waals surface area contributed by atoms with Crippen molar-refractivity contribution in [2.45, 2.75) is 39.8 Å². The van der Waals surface area contributed by atoms with Gasteiger partial charge in [0.2, 0.25) is 5.76 Å². The first-order chi connectivity index (χ1) is 16.0. The molecule has 3 heterocycles. The second kappa shape index (κ2) is 9.56. The van der Waals surface area contributed by atoms with E-state index in [2.05, 4.69) is 27.0 Å². The summed E-state index contributed by atoms with van der Waals surface area (Å²) >= 11 is 0. The molecule has 0 saturated carbocycles. The smallest absolute Gasteiger partial charge is 0.332 e. The molecule has 0 radical (unpaired) electrons. The second-order valence-corrected chi connectivity index (χ2v) is 7.30. The third-order valence-electron chi connectivity index (χ3n) is 4.85. The van der Waals surface area contributed by atoms with Gasteiger partial charge in [-0.05, 0) is 42.3 Å². The number of rotatable bonds is 7. The van der Waals surface area contributed by atoms with Crippen LogP contribution in [0.2, 0.25) is 0 Å². The van der Waals surface area contributed by atoms with Gasteiger partial charge in [-0.15, -0.1) is 0 Å². The third-order valence-corrected chi connectivity index (χ3v) is 4.85. The van der Waals surface area contributed by atoms with Crippen LogP contribution in [0.1, 0.15) is 32.3 Å². The zero-order valence-corrected chi connectivity index (χ0v) is 18.2. The number of aryl methyl sites for hydroxylation is 1. The van der Waals surface area contributed by atoms with Crippen molar-refractivity contribution < 1.29 is 13.7 Å². The Balaban J connectivity index is 1.58. The van der Waals surface area contributed by atoms with Crippen LogP contribution >= 0.6 is 0 Å². The predicted octanol–water partition coefficient (Wildman–Crippen LogP) is 2.93. The summed E-state index contributed by atoms with van der Waals surface area (Å²) in [4.78, 5) is 33.0. The van der Waals surface area contributed by atoms with E-state index in [0.29, 0.717) is 31.5 Å². The zero-order valence-electron chi connectivity index (χ0n) is 18.2. The average molecular weight is 451 g/mol. The van der Waals surface area contributed by atoms with Crippen molar-refractivity contribution in [3.63, 3.8) is 0 Å². The number of hydrogen-bond acceptors (Lipinski definition) is 6. The van der Waals surface area contributed by atoms with Crippen molar-refractivity contribution in [1.29, 1.82) is 0 Å². The number of hydrogen-bond donors (Lipinski definition) is 1. The van der Waals surface area contributed by atoms with Gasteiger partial charge >= 0.3 is 5.69 Å². The lowest BCUT2D eigenvalue weighted by molar-refractivity contribution is 0.316. The molecule has 33 heavy (non-hydrogen) atoms. The fourth-order valence-corrected chi connectivity index (χ4v) is 3.35. The minimum atomic E-state index is -0.421. The van der Waals surface area contributed by atoms with E-state index in [-0.39, 0.29) is 46.7 Å². The number of H-pyrrole nitrogens is 1. The van der Waals surface area contributed by atoms with Crippen LogP contribution in [0.4, 0.5) is 4.39 Å². The molecule has 10 heteroatoms. The number of nitrogens with one attached hydrogen (secondary N) is 1. The number of nitrogens with zero attached hydrogens (tertiary/aromatic N) is 4. The van der Waals surface area contributed by atoms with Crippen LogP contribution in [0.3, 0.4) is 0 Å². The number of benzene rings is 1. The molecule has 9 nitrogen and oxygen atoms in total. The van der Waals surface area contributed by atoms with Crippen LogP contribution in [0, 0.1) is 17.7 Å². The molecule has 1 aromatic carbocycles. The SMILES string of the molecule is CCCn1c(=O)c2[nH]c(-c3cc(OCC#Cc4ccc(F)cc4)no3)nc2n(CCC)c1=O. The quantitative estimate of drug-likeness (QED) is 0.433. The van der Waals surface area contributed by atoms with Gasteiger partial charge in [0.25, 0.3) is 11.4 Å². The van der Waals surface area contributed by atoms with Crippen LogP contribution in [-0.4, -0.2) is 30.9 Å². The molecule has 3 aromatic heterocycles. The molecule has 0 atom stereocenters. The Morgan fingerprint density at radius 3 is 2.58 bits per heavy atom. The number of aromatic nitrogens is 5. The highest BCUT2D eigenvalue weighted by Crippen LogP contribution is 2.22. The number of imidazole rings is 1. The summed E-state index contributed by atoms with van der Waals surface area (Å²) in [6.45, 7) is 4.64. The molecule has 1 N–H and O–H groups in total. The van der Waals surface area contributed by atoms with Crippen LogP contribution in [0.15, 0.2) is 44.4 Å². The van der Waals surface area contributed by atoms with Gasteiger partial charge in [-0.25, -0.2) is 14.2 Å². The summed E-state index contributed by atoms with van der Waals surface area (Å²) < 4.78 is 26.4. The van der Waals surface area contributed by atoms with E-state index in [4.69, 9.17) is 9.26 Å². The normalized spacial score (nSPS) is 10.9. The Morgan fingerprint density at radius 1 is 1.12 bits per heavy atom. The van der Waals surface area contributed by atoms with Gasteiger partial charge in [0.1, 0.15) is 5.82 Å². The predicted molar refractivity (Wildman–Crippen MR) is 119 cm³/mol. The van der Waals surface area contributed by atoms with Crippen molar-refractivity contribution in [2.75, 3.05) is 6.61 Å². The summed E-state index contributed by atoms with van der Waals surface area (Å²) in [7, 11) is 0. The molecule has 0 bridgehead atoms. The van der Waals surface area contributed by atoms with E-state index in [1.807, 2.05) is 13.8 Å². The number of ether oxygens (including phenoxy) is 1. The highest BCUT2D eigenvalue weighted by molar-refractivity contribution is 5.74.